The number of aromatic nitrogens is 1. The molecule has 5 nitrogen and oxygen atoms in total. The Morgan fingerprint density at radius 1 is 1.27 bits per heavy atom. The number of carboxylic acid groups (broad SMARTS) is 1. The van der Waals surface area contributed by atoms with Crippen LogP contribution in [-0.2, 0) is 0 Å². The third-order valence-corrected chi connectivity index (χ3v) is 5.23. The van der Waals surface area contributed by atoms with Gasteiger partial charge >= 0.3 is 5.97 Å². The molecule has 3 aromatic rings. The maximum absolute atomic E-state index is 12.8. The van der Waals surface area contributed by atoms with Crippen molar-refractivity contribution in [2.24, 2.45) is 0 Å². The Hall–Kier alpha value is -2.79. The molecule has 2 heterocycles. The zero-order valence-electron chi connectivity index (χ0n) is 14.4. The molecule has 0 bridgehead atoms. The van der Waals surface area contributed by atoms with E-state index in [1.165, 1.54) is 6.20 Å². The lowest BCUT2D eigenvalue weighted by Gasteiger charge is -2.36. The molecule has 1 N–H and O–H groups in total. The number of anilines is 1. The van der Waals surface area contributed by atoms with E-state index in [1.54, 1.807) is 6.07 Å². The molecule has 1 aromatic heterocycles. The van der Waals surface area contributed by atoms with Crippen LogP contribution in [0.25, 0.3) is 22.0 Å². The number of carbonyl (C=O) groups is 1. The minimum atomic E-state index is -1.23. The van der Waals surface area contributed by atoms with Gasteiger partial charge in [-0.2, -0.15) is 0 Å². The molecule has 4 rings (SSSR count). The highest BCUT2D eigenvalue weighted by Crippen LogP contribution is 2.44. The first-order valence-electron chi connectivity index (χ1n) is 8.31. The molecule has 132 valence electrons. The summed E-state index contributed by atoms with van der Waals surface area (Å²) in [7, 11) is 1.97. The number of likely N-dealkylation sites (N-methyl/N-ethyl adjacent to an activating group) is 1. The van der Waals surface area contributed by atoms with Gasteiger partial charge < -0.3 is 14.6 Å². The summed E-state index contributed by atoms with van der Waals surface area (Å²) in [5, 5.41) is 10.2. The Labute approximate surface area is 155 Å². The molecule has 6 heteroatoms. The maximum atomic E-state index is 12.8. The van der Waals surface area contributed by atoms with Crippen LogP contribution in [0, 0.1) is 0 Å². The Bertz CT molecular complexity index is 1110. The second-order valence-corrected chi connectivity index (χ2v) is 7.07. The fourth-order valence-corrected chi connectivity index (χ4v) is 4.10. The lowest BCUT2D eigenvalue weighted by atomic mass is 9.96. The van der Waals surface area contributed by atoms with Gasteiger partial charge in [0.05, 0.1) is 21.6 Å². The number of hydrogen-bond acceptors (Lipinski definition) is 3. The monoisotopic (exact) mass is 368 g/mol. The first-order valence-corrected chi connectivity index (χ1v) is 8.69. The standard InChI is InChI=1S/C20H17ClN2O3/c1-11-9-22(2)18-16(12-6-4-3-5-7-12)15(21)8-13-17(18)23(11)10-14(19(13)24)20(25)26/h3-8,10-11H,9H2,1-2H3,(H,25,26). The average Bonchev–Trinajstić information content (AvgIpc) is 2.60. The van der Waals surface area contributed by atoms with Crippen molar-refractivity contribution in [2.75, 3.05) is 18.5 Å². The molecule has 0 saturated carbocycles. The summed E-state index contributed by atoms with van der Waals surface area (Å²) in [5.41, 5.74) is 2.65. The summed E-state index contributed by atoms with van der Waals surface area (Å²) < 4.78 is 1.89. The van der Waals surface area contributed by atoms with Crippen molar-refractivity contribution in [1.82, 2.24) is 4.57 Å². The highest BCUT2D eigenvalue weighted by molar-refractivity contribution is 6.35. The lowest BCUT2D eigenvalue weighted by Crippen LogP contribution is -2.34. The molecule has 2 aromatic carbocycles. The van der Waals surface area contributed by atoms with Gasteiger partial charge in [0.25, 0.3) is 0 Å². The average molecular weight is 369 g/mol. The zero-order chi connectivity index (χ0) is 18.6. The Morgan fingerprint density at radius 3 is 2.62 bits per heavy atom. The van der Waals surface area contributed by atoms with Gasteiger partial charge in [0.2, 0.25) is 5.43 Å². The minimum absolute atomic E-state index is 0.0264. The van der Waals surface area contributed by atoms with Crippen molar-refractivity contribution in [2.45, 2.75) is 13.0 Å². The fraction of sp³-hybridized carbons (Fsp3) is 0.200. The molecule has 0 spiro atoms. The normalized spacial score (nSPS) is 16.1. The SMILES string of the molecule is CC1CN(C)c2c(-c3ccccc3)c(Cl)cc3c(=O)c(C(=O)O)cn1c23. The highest BCUT2D eigenvalue weighted by atomic mass is 35.5. The summed E-state index contributed by atoms with van der Waals surface area (Å²) in [5.74, 6) is -1.23. The topological polar surface area (TPSA) is 62.5 Å². The van der Waals surface area contributed by atoms with Crippen LogP contribution in [0.1, 0.15) is 23.3 Å². The van der Waals surface area contributed by atoms with E-state index in [0.29, 0.717) is 17.0 Å². The highest BCUT2D eigenvalue weighted by Gasteiger charge is 2.29. The van der Waals surface area contributed by atoms with Crippen molar-refractivity contribution in [3.8, 4) is 11.1 Å². The van der Waals surface area contributed by atoms with Gasteiger partial charge in [-0.15, -0.1) is 0 Å². The summed E-state index contributed by atoms with van der Waals surface area (Å²) in [6.45, 7) is 2.69. The molecule has 0 saturated heterocycles. The van der Waals surface area contributed by atoms with E-state index in [1.807, 2.05) is 48.9 Å². The Kier molecular flexibility index (Phi) is 3.77. The first-order chi connectivity index (χ1) is 12.4. The summed E-state index contributed by atoms with van der Waals surface area (Å²) >= 11 is 6.58. The Balaban J connectivity index is 2.22. The van der Waals surface area contributed by atoms with Crippen molar-refractivity contribution < 1.29 is 9.90 Å². The molecule has 0 amide bonds. The van der Waals surface area contributed by atoms with Crippen LogP contribution >= 0.6 is 11.6 Å². The van der Waals surface area contributed by atoms with Crippen molar-refractivity contribution >= 4 is 34.2 Å². The van der Waals surface area contributed by atoms with Crippen molar-refractivity contribution in [3.63, 3.8) is 0 Å². The maximum Gasteiger partial charge on any atom is 0.341 e. The number of pyridine rings is 1. The third-order valence-electron chi connectivity index (χ3n) is 4.93. The number of rotatable bonds is 2. The van der Waals surface area contributed by atoms with Gasteiger partial charge in [0.1, 0.15) is 5.56 Å². The van der Waals surface area contributed by atoms with E-state index in [-0.39, 0.29) is 11.6 Å². The molecule has 1 aliphatic heterocycles. The van der Waals surface area contributed by atoms with Crippen LogP contribution in [0.15, 0.2) is 47.4 Å². The number of aromatic carboxylic acids is 1. The van der Waals surface area contributed by atoms with E-state index >= 15 is 0 Å². The number of halogens is 1. The zero-order valence-corrected chi connectivity index (χ0v) is 15.1. The van der Waals surface area contributed by atoms with Crippen molar-refractivity contribution in [1.29, 1.82) is 0 Å². The van der Waals surface area contributed by atoms with Crippen LogP contribution in [0.5, 0.6) is 0 Å². The number of nitrogens with zero attached hydrogens (tertiary/aromatic N) is 2. The number of carboxylic acids is 1. The Morgan fingerprint density at radius 2 is 1.96 bits per heavy atom. The van der Waals surface area contributed by atoms with E-state index in [2.05, 4.69) is 4.90 Å². The first kappa shape index (κ1) is 16.7. The van der Waals surface area contributed by atoms with E-state index in [9.17, 15) is 14.7 Å². The quantitative estimate of drug-likeness (QED) is 0.741. The third kappa shape index (κ3) is 2.31. The van der Waals surface area contributed by atoms with Crippen LogP contribution in [0.3, 0.4) is 0 Å². The second-order valence-electron chi connectivity index (χ2n) is 6.66. The predicted molar refractivity (Wildman–Crippen MR) is 104 cm³/mol. The number of hydrogen-bond donors (Lipinski definition) is 1. The summed E-state index contributed by atoms with van der Waals surface area (Å²) in [6.07, 6.45) is 1.46. The van der Waals surface area contributed by atoms with Crippen LogP contribution in [-0.4, -0.2) is 29.2 Å². The number of benzene rings is 2. The molecule has 26 heavy (non-hydrogen) atoms. The molecule has 0 radical (unpaired) electrons. The predicted octanol–water partition coefficient (Wildman–Crippen LogP) is 4.03. The van der Waals surface area contributed by atoms with Gasteiger partial charge in [-0.05, 0) is 18.6 Å². The molecular formula is C20H17ClN2O3. The lowest BCUT2D eigenvalue weighted by molar-refractivity contribution is 0.0694. The van der Waals surface area contributed by atoms with Gasteiger partial charge in [0.15, 0.2) is 0 Å². The second kappa shape index (κ2) is 5.88. The largest absolute Gasteiger partial charge is 0.477 e. The molecular weight excluding hydrogens is 352 g/mol. The summed E-state index contributed by atoms with van der Waals surface area (Å²) in [4.78, 5) is 26.4. The van der Waals surface area contributed by atoms with Gasteiger partial charge in [-0.25, -0.2) is 4.79 Å². The fourth-order valence-electron chi connectivity index (χ4n) is 3.79. The molecule has 1 unspecified atom stereocenters. The smallest absolute Gasteiger partial charge is 0.341 e. The molecule has 0 aliphatic carbocycles. The van der Waals surface area contributed by atoms with Crippen LogP contribution in [0.4, 0.5) is 5.69 Å². The van der Waals surface area contributed by atoms with E-state index < -0.39 is 11.4 Å². The van der Waals surface area contributed by atoms with Gasteiger partial charge in [-0.1, -0.05) is 41.9 Å². The molecule has 1 atom stereocenters. The van der Waals surface area contributed by atoms with Crippen LogP contribution < -0.4 is 10.3 Å². The van der Waals surface area contributed by atoms with E-state index in [0.717, 1.165) is 22.3 Å². The molecule has 0 fully saturated rings. The van der Waals surface area contributed by atoms with E-state index in [4.69, 9.17) is 11.6 Å². The van der Waals surface area contributed by atoms with Crippen molar-refractivity contribution in [3.05, 3.63) is 63.4 Å². The van der Waals surface area contributed by atoms with Crippen LogP contribution in [0.2, 0.25) is 5.02 Å². The summed E-state index contributed by atoms with van der Waals surface area (Å²) in [6, 6.07) is 11.4. The minimum Gasteiger partial charge on any atom is -0.477 e. The van der Waals surface area contributed by atoms with Gasteiger partial charge in [0, 0.05) is 31.4 Å². The van der Waals surface area contributed by atoms with Gasteiger partial charge in [-0.3, -0.25) is 4.79 Å². The molecule has 1 aliphatic rings.